The van der Waals surface area contributed by atoms with Gasteiger partial charge in [0.25, 0.3) is 5.56 Å². The van der Waals surface area contributed by atoms with Gasteiger partial charge in [-0.05, 0) is 18.2 Å². The van der Waals surface area contributed by atoms with Crippen LogP contribution in [0, 0.1) is 0 Å². The summed E-state index contributed by atoms with van der Waals surface area (Å²) in [5.41, 5.74) is 0.0539. The SMILES string of the molecule is O=C(CSc1nncc(=O)[nH]1)Nc1cc(Cl)ccc1Cl. The Labute approximate surface area is 127 Å². The van der Waals surface area contributed by atoms with E-state index in [4.69, 9.17) is 23.2 Å². The molecule has 2 rings (SSSR count). The molecule has 0 spiro atoms. The molecule has 2 aromatic rings. The first-order valence-electron chi connectivity index (χ1n) is 5.34. The zero-order valence-corrected chi connectivity index (χ0v) is 12.2. The minimum atomic E-state index is -0.374. The number of H-pyrrole nitrogens is 1. The number of anilines is 1. The van der Waals surface area contributed by atoms with Crippen LogP contribution in [-0.2, 0) is 4.79 Å². The van der Waals surface area contributed by atoms with Gasteiger partial charge in [0.15, 0.2) is 5.16 Å². The summed E-state index contributed by atoms with van der Waals surface area (Å²) in [5, 5.41) is 10.9. The molecule has 1 heterocycles. The first kappa shape index (κ1) is 14.8. The third-order valence-electron chi connectivity index (χ3n) is 2.10. The van der Waals surface area contributed by atoms with Crippen LogP contribution in [0.3, 0.4) is 0 Å². The highest BCUT2D eigenvalue weighted by molar-refractivity contribution is 7.99. The fourth-order valence-corrected chi connectivity index (χ4v) is 2.23. The summed E-state index contributed by atoms with van der Waals surface area (Å²) in [4.78, 5) is 25.2. The average molecular weight is 331 g/mol. The molecule has 0 fully saturated rings. The summed E-state index contributed by atoms with van der Waals surface area (Å²) in [7, 11) is 0. The lowest BCUT2D eigenvalue weighted by atomic mass is 10.3. The first-order chi connectivity index (χ1) is 9.54. The second-order valence-electron chi connectivity index (χ2n) is 3.60. The number of halogens is 2. The molecular weight excluding hydrogens is 323 g/mol. The predicted octanol–water partition coefficient (Wildman–Crippen LogP) is 2.20. The largest absolute Gasteiger partial charge is 0.324 e. The number of nitrogens with one attached hydrogen (secondary N) is 2. The normalized spacial score (nSPS) is 10.3. The molecule has 0 bridgehead atoms. The zero-order chi connectivity index (χ0) is 14.5. The molecule has 104 valence electrons. The Kier molecular flexibility index (Phi) is 4.99. The fourth-order valence-electron chi connectivity index (χ4n) is 1.27. The Hall–Kier alpha value is -1.57. The highest BCUT2D eigenvalue weighted by Gasteiger charge is 2.08. The van der Waals surface area contributed by atoms with E-state index in [-0.39, 0.29) is 22.4 Å². The van der Waals surface area contributed by atoms with Gasteiger partial charge in [0.2, 0.25) is 5.91 Å². The molecule has 6 nitrogen and oxygen atoms in total. The number of rotatable bonds is 4. The molecule has 0 saturated heterocycles. The molecule has 2 N–H and O–H groups in total. The minimum Gasteiger partial charge on any atom is -0.324 e. The quantitative estimate of drug-likeness (QED) is 0.839. The summed E-state index contributed by atoms with van der Waals surface area (Å²) in [5.74, 6) is -0.247. The number of aromatic amines is 1. The van der Waals surface area contributed by atoms with E-state index >= 15 is 0 Å². The summed E-state index contributed by atoms with van der Waals surface area (Å²) in [6.45, 7) is 0. The van der Waals surface area contributed by atoms with Crippen LogP contribution in [0.25, 0.3) is 0 Å². The van der Waals surface area contributed by atoms with Crippen LogP contribution in [0.5, 0.6) is 0 Å². The van der Waals surface area contributed by atoms with E-state index in [9.17, 15) is 9.59 Å². The Morgan fingerprint density at radius 3 is 2.95 bits per heavy atom. The number of carbonyl (C=O) groups is 1. The lowest BCUT2D eigenvalue weighted by Crippen LogP contribution is -2.15. The Bertz CT molecular complexity index is 692. The maximum absolute atomic E-state index is 11.8. The van der Waals surface area contributed by atoms with Gasteiger partial charge in [-0.3, -0.25) is 14.6 Å². The molecule has 1 aromatic carbocycles. The predicted molar refractivity (Wildman–Crippen MR) is 78.5 cm³/mol. The third-order valence-corrected chi connectivity index (χ3v) is 3.52. The van der Waals surface area contributed by atoms with E-state index in [1.54, 1.807) is 18.2 Å². The van der Waals surface area contributed by atoms with Crippen molar-refractivity contribution >= 4 is 46.6 Å². The molecule has 0 aliphatic rings. The molecule has 0 unspecified atom stereocenters. The molecule has 20 heavy (non-hydrogen) atoms. The average Bonchev–Trinajstić information content (AvgIpc) is 2.41. The van der Waals surface area contributed by atoms with Gasteiger partial charge in [0, 0.05) is 5.02 Å². The molecule has 1 aromatic heterocycles. The zero-order valence-electron chi connectivity index (χ0n) is 9.89. The monoisotopic (exact) mass is 330 g/mol. The molecule has 1 amide bonds. The number of carbonyl (C=O) groups excluding carboxylic acids is 1. The lowest BCUT2D eigenvalue weighted by Gasteiger charge is -2.07. The van der Waals surface area contributed by atoms with Gasteiger partial charge in [-0.25, -0.2) is 0 Å². The molecule has 0 atom stereocenters. The lowest BCUT2D eigenvalue weighted by molar-refractivity contribution is -0.113. The smallest absolute Gasteiger partial charge is 0.270 e. The number of hydrogen-bond acceptors (Lipinski definition) is 5. The number of amides is 1. The van der Waals surface area contributed by atoms with Gasteiger partial charge < -0.3 is 5.32 Å². The summed E-state index contributed by atoms with van der Waals surface area (Å²) >= 11 is 12.8. The van der Waals surface area contributed by atoms with Gasteiger partial charge in [0.1, 0.15) is 6.20 Å². The highest BCUT2D eigenvalue weighted by atomic mass is 35.5. The molecule has 0 saturated carbocycles. The van der Waals surface area contributed by atoms with Crippen molar-refractivity contribution in [2.75, 3.05) is 11.1 Å². The van der Waals surface area contributed by atoms with E-state index in [1.807, 2.05) is 0 Å². The maximum atomic E-state index is 11.8. The van der Waals surface area contributed by atoms with Crippen LogP contribution in [0.15, 0.2) is 34.3 Å². The van der Waals surface area contributed by atoms with Gasteiger partial charge in [-0.2, -0.15) is 5.10 Å². The molecule has 9 heteroatoms. The topological polar surface area (TPSA) is 87.7 Å². The molecule has 0 aliphatic heterocycles. The number of nitrogens with zero attached hydrogens (tertiary/aromatic N) is 2. The third kappa shape index (κ3) is 4.22. The number of aromatic nitrogens is 3. The van der Waals surface area contributed by atoms with Crippen LogP contribution in [0.4, 0.5) is 5.69 Å². The summed E-state index contributed by atoms with van der Waals surface area (Å²) in [6.07, 6.45) is 1.05. The van der Waals surface area contributed by atoms with E-state index < -0.39 is 0 Å². The first-order valence-corrected chi connectivity index (χ1v) is 7.08. The van der Waals surface area contributed by atoms with Crippen molar-refractivity contribution in [3.8, 4) is 0 Å². The Balaban J connectivity index is 1.96. The number of thioether (sulfide) groups is 1. The Morgan fingerprint density at radius 2 is 2.20 bits per heavy atom. The maximum Gasteiger partial charge on any atom is 0.270 e. The van der Waals surface area contributed by atoms with Crippen LogP contribution in [0.1, 0.15) is 0 Å². The van der Waals surface area contributed by atoms with Crippen molar-refractivity contribution in [2.45, 2.75) is 5.16 Å². The minimum absolute atomic E-state index is 0.0531. The van der Waals surface area contributed by atoms with Crippen LogP contribution >= 0.6 is 35.0 Å². The standard InChI is InChI=1S/C11H8Cl2N4O2S/c12-6-1-2-7(13)8(3-6)15-10(19)5-20-11-16-9(18)4-14-17-11/h1-4H,5H2,(H,15,19)(H,16,17,18). The number of hydrogen-bond donors (Lipinski definition) is 2. The second kappa shape index (κ2) is 6.74. The van der Waals surface area contributed by atoms with Crippen molar-refractivity contribution in [3.63, 3.8) is 0 Å². The van der Waals surface area contributed by atoms with Crippen molar-refractivity contribution in [1.82, 2.24) is 15.2 Å². The molecular formula is C11H8Cl2N4O2S. The van der Waals surface area contributed by atoms with Gasteiger partial charge in [-0.1, -0.05) is 35.0 Å². The van der Waals surface area contributed by atoms with Crippen molar-refractivity contribution < 1.29 is 4.79 Å². The number of benzene rings is 1. The van der Waals surface area contributed by atoms with Gasteiger partial charge in [-0.15, -0.1) is 5.10 Å². The summed E-state index contributed by atoms with van der Waals surface area (Å²) < 4.78 is 0. The molecule has 0 radical (unpaired) electrons. The van der Waals surface area contributed by atoms with Gasteiger partial charge in [0.05, 0.1) is 16.5 Å². The van der Waals surface area contributed by atoms with E-state index in [2.05, 4.69) is 20.5 Å². The van der Waals surface area contributed by atoms with E-state index in [1.165, 1.54) is 0 Å². The van der Waals surface area contributed by atoms with Crippen molar-refractivity contribution in [1.29, 1.82) is 0 Å². The Morgan fingerprint density at radius 1 is 1.40 bits per heavy atom. The second-order valence-corrected chi connectivity index (χ2v) is 5.41. The van der Waals surface area contributed by atoms with E-state index in [0.29, 0.717) is 15.7 Å². The van der Waals surface area contributed by atoms with Crippen LogP contribution in [0.2, 0.25) is 10.0 Å². The van der Waals surface area contributed by atoms with Gasteiger partial charge >= 0.3 is 0 Å². The highest BCUT2D eigenvalue weighted by Crippen LogP contribution is 2.25. The van der Waals surface area contributed by atoms with Crippen LogP contribution in [-0.4, -0.2) is 26.8 Å². The summed E-state index contributed by atoms with van der Waals surface area (Å²) in [6, 6.07) is 4.77. The van der Waals surface area contributed by atoms with Crippen molar-refractivity contribution in [3.05, 3.63) is 44.8 Å². The van der Waals surface area contributed by atoms with Crippen molar-refractivity contribution in [2.24, 2.45) is 0 Å². The van der Waals surface area contributed by atoms with Crippen LogP contribution < -0.4 is 10.9 Å². The molecule has 0 aliphatic carbocycles. The fraction of sp³-hybridized carbons (Fsp3) is 0.0909. The van der Waals surface area contributed by atoms with E-state index in [0.717, 1.165) is 18.0 Å².